The molecule has 1 aliphatic carbocycles. The Bertz CT molecular complexity index is 1110. The number of thioether (sulfide) groups is 1. The number of rotatable bonds is 8. The fourth-order valence-electron chi connectivity index (χ4n) is 4.14. The van der Waals surface area contributed by atoms with Crippen molar-refractivity contribution in [1.29, 1.82) is 0 Å². The Morgan fingerprint density at radius 3 is 2.59 bits per heavy atom. The fourth-order valence-corrected chi connectivity index (χ4v) is 6.38. The van der Waals surface area contributed by atoms with Gasteiger partial charge in [-0.1, -0.05) is 12.1 Å². The van der Waals surface area contributed by atoms with Crippen molar-refractivity contribution >= 4 is 51.9 Å². The summed E-state index contributed by atoms with van der Waals surface area (Å²) in [6.07, 6.45) is 4.66. The van der Waals surface area contributed by atoms with Crippen molar-refractivity contribution in [2.75, 3.05) is 37.9 Å². The van der Waals surface area contributed by atoms with E-state index in [2.05, 4.69) is 5.32 Å². The van der Waals surface area contributed by atoms with Gasteiger partial charge in [0.1, 0.15) is 5.00 Å². The van der Waals surface area contributed by atoms with Gasteiger partial charge in [0, 0.05) is 22.9 Å². The molecule has 180 valence electrons. The molecule has 34 heavy (non-hydrogen) atoms. The number of aryl methyl sites for hydroxylation is 1. The van der Waals surface area contributed by atoms with Crippen LogP contribution in [0.15, 0.2) is 29.2 Å². The largest absolute Gasteiger partial charge is 0.465 e. The van der Waals surface area contributed by atoms with Crippen LogP contribution >= 0.6 is 23.1 Å². The van der Waals surface area contributed by atoms with Crippen LogP contribution in [-0.4, -0.2) is 61.2 Å². The van der Waals surface area contributed by atoms with Gasteiger partial charge in [-0.3, -0.25) is 9.59 Å². The number of hydrogen-bond acceptors (Lipinski definition) is 8. The number of anilines is 1. The third-order valence-electron chi connectivity index (χ3n) is 5.82. The summed E-state index contributed by atoms with van der Waals surface area (Å²) in [5.74, 6) is -1.37. The fraction of sp³-hybridized carbons (Fsp3) is 0.417. The highest BCUT2D eigenvalue weighted by Gasteiger charge is 2.28. The number of amides is 2. The molecule has 1 aromatic heterocycles. The second kappa shape index (κ2) is 11.1. The summed E-state index contributed by atoms with van der Waals surface area (Å²) in [6, 6.07) is 6.87. The predicted molar refractivity (Wildman–Crippen MR) is 130 cm³/mol. The minimum atomic E-state index is -0.645. The molecule has 0 spiro atoms. The van der Waals surface area contributed by atoms with Crippen molar-refractivity contribution in [3.63, 3.8) is 0 Å². The summed E-state index contributed by atoms with van der Waals surface area (Å²) >= 11 is 2.65. The van der Waals surface area contributed by atoms with Crippen LogP contribution in [0.1, 0.15) is 50.4 Å². The van der Waals surface area contributed by atoms with Crippen LogP contribution in [-0.2, 0) is 31.9 Å². The van der Waals surface area contributed by atoms with Gasteiger partial charge in [0.2, 0.25) is 5.91 Å². The van der Waals surface area contributed by atoms with E-state index in [1.165, 1.54) is 30.2 Å². The van der Waals surface area contributed by atoms with Crippen LogP contribution in [0.2, 0.25) is 0 Å². The molecule has 0 unspecified atom stereocenters. The van der Waals surface area contributed by atoms with Crippen LogP contribution in [0, 0.1) is 0 Å². The first-order valence-electron chi connectivity index (χ1n) is 11.2. The smallest absolute Gasteiger partial charge is 0.341 e. The third-order valence-corrected chi connectivity index (χ3v) is 8.08. The van der Waals surface area contributed by atoms with Gasteiger partial charge in [0.15, 0.2) is 6.61 Å². The summed E-state index contributed by atoms with van der Waals surface area (Å²) in [5, 5.41) is 3.12. The highest BCUT2D eigenvalue weighted by atomic mass is 32.2. The van der Waals surface area contributed by atoms with Crippen molar-refractivity contribution < 1.29 is 28.7 Å². The van der Waals surface area contributed by atoms with Gasteiger partial charge in [-0.05, 0) is 49.8 Å². The maximum Gasteiger partial charge on any atom is 0.341 e. The Kier molecular flexibility index (Phi) is 7.89. The Balaban J connectivity index is 1.35. The van der Waals surface area contributed by atoms with E-state index in [0.29, 0.717) is 21.0 Å². The second-order valence-corrected chi connectivity index (χ2v) is 10.2. The molecule has 0 saturated carbocycles. The molecule has 1 aromatic carbocycles. The zero-order chi connectivity index (χ0) is 24.1. The zero-order valence-corrected chi connectivity index (χ0v) is 20.5. The van der Waals surface area contributed by atoms with Crippen molar-refractivity contribution in [2.24, 2.45) is 0 Å². The molecule has 1 N–H and O–H groups in total. The number of benzene rings is 1. The predicted octanol–water partition coefficient (Wildman–Crippen LogP) is 3.53. The lowest BCUT2D eigenvalue weighted by atomic mass is 10.1. The molecular formula is C24H26N2O6S2. The molecule has 1 saturated heterocycles. The minimum Gasteiger partial charge on any atom is -0.465 e. The molecule has 2 amide bonds. The van der Waals surface area contributed by atoms with Gasteiger partial charge >= 0.3 is 11.9 Å². The summed E-state index contributed by atoms with van der Waals surface area (Å²) in [6.45, 7) is 1.07. The Labute approximate surface area is 206 Å². The molecule has 4 rings (SSSR count). The average molecular weight is 503 g/mol. The van der Waals surface area contributed by atoms with Crippen LogP contribution in [0.25, 0.3) is 0 Å². The third kappa shape index (κ3) is 5.44. The normalized spacial score (nSPS) is 14.6. The van der Waals surface area contributed by atoms with Crippen LogP contribution in [0.5, 0.6) is 0 Å². The average Bonchev–Trinajstić information content (AvgIpc) is 3.59. The van der Waals surface area contributed by atoms with Gasteiger partial charge in [0.25, 0.3) is 5.91 Å². The van der Waals surface area contributed by atoms with Crippen molar-refractivity contribution in [3.05, 3.63) is 45.8 Å². The van der Waals surface area contributed by atoms with Gasteiger partial charge in [0.05, 0.1) is 24.0 Å². The van der Waals surface area contributed by atoms with Gasteiger partial charge in [-0.25, -0.2) is 9.59 Å². The quantitative estimate of drug-likeness (QED) is 0.435. The molecule has 0 radical (unpaired) electrons. The molecule has 0 atom stereocenters. The van der Waals surface area contributed by atoms with Crippen molar-refractivity contribution in [3.8, 4) is 0 Å². The van der Waals surface area contributed by atoms with Gasteiger partial charge in [-0.15, -0.1) is 23.1 Å². The maximum absolute atomic E-state index is 12.7. The molecule has 10 heteroatoms. The Morgan fingerprint density at radius 1 is 1.06 bits per heavy atom. The van der Waals surface area contributed by atoms with E-state index in [-0.39, 0.29) is 11.7 Å². The maximum atomic E-state index is 12.7. The lowest BCUT2D eigenvalue weighted by Gasteiger charge is -2.15. The number of methoxy groups -OCH3 is 1. The summed E-state index contributed by atoms with van der Waals surface area (Å²) in [5.41, 5.74) is 1.63. The summed E-state index contributed by atoms with van der Waals surface area (Å²) in [4.78, 5) is 53.3. The van der Waals surface area contributed by atoms with Crippen LogP contribution in [0.4, 0.5) is 5.00 Å². The zero-order valence-electron chi connectivity index (χ0n) is 18.9. The Morgan fingerprint density at radius 2 is 1.82 bits per heavy atom. The van der Waals surface area contributed by atoms with E-state index in [9.17, 15) is 19.2 Å². The molecular weight excluding hydrogens is 476 g/mol. The topological polar surface area (TPSA) is 102 Å². The van der Waals surface area contributed by atoms with Crippen molar-refractivity contribution in [2.45, 2.75) is 37.0 Å². The molecule has 2 heterocycles. The second-order valence-electron chi connectivity index (χ2n) is 8.05. The van der Waals surface area contributed by atoms with E-state index in [4.69, 9.17) is 9.47 Å². The lowest BCUT2D eigenvalue weighted by Crippen LogP contribution is -2.29. The number of carbonyl (C=O) groups excluding carboxylic acids is 4. The number of ether oxygens (including phenoxy) is 2. The van der Waals surface area contributed by atoms with E-state index >= 15 is 0 Å². The van der Waals surface area contributed by atoms with Crippen molar-refractivity contribution in [1.82, 2.24) is 4.90 Å². The standard InChI is InChI=1S/C24H26N2O6S2/c1-31-24(30)21-15-8-6-10-18(15)34-22(21)25-19(27)13-32-23(29)16-7-2-3-9-17(16)33-14-20(28)26-11-4-5-12-26/h2-3,7,9H,4-6,8,10-14H2,1H3,(H,25,27). The molecule has 2 aromatic rings. The van der Waals surface area contributed by atoms with E-state index in [0.717, 1.165) is 55.6 Å². The number of nitrogens with one attached hydrogen (secondary N) is 1. The molecule has 8 nitrogen and oxygen atoms in total. The molecule has 1 aliphatic heterocycles. The number of nitrogens with zero attached hydrogens (tertiary/aromatic N) is 1. The molecule has 0 bridgehead atoms. The number of thiophene rings is 1. The first-order chi connectivity index (χ1) is 16.5. The Hall–Kier alpha value is -2.85. The number of likely N-dealkylation sites (tertiary alicyclic amines) is 1. The van der Waals surface area contributed by atoms with E-state index in [1.807, 2.05) is 4.90 Å². The van der Waals surface area contributed by atoms with Crippen LogP contribution < -0.4 is 5.32 Å². The summed E-state index contributed by atoms with van der Waals surface area (Å²) in [7, 11) is 1.31. The summed E-state index contributed by atoms with van der Waals surface area (Å²) < 4.78 is 10.1. The van der Waals surface area contributed by atoms with E-state index < -0.39 is 24.5 Å². The minimum absolute atomic E-state index is 0.0503. The monoisotopic (exact) mass is 502 g/mol. The van der Waals surface area contributed by atoms with E-state index in [1.54, 1.807) is 24.3 Å². The van der Waals surface area contributed by atoms with Gasteiger partial charge in [-0.2, -0.15) is 0 Å². The first-order valence-corrected chi connectivity index (χ1v) is 13.0. The highest BCUT2D eigenvalue weighted by Crippen LogP contribution is 2.39. The molecule has 2 aliphatic rings. The highest BCUT2D eigenvalue weighted by molar-refractivity contribution is 8.00. The number of hydrogen-bond donors (Lipinski definition) is 1. The lowest BCUT2D eigenvalue weighted by molar-refractivity contribution is -0.127. The SMILES string of the molecule is COC(=O)c1c(NC(=O)COC(=O)c2ccccc2SCC(=O)N2CCCC2)sc2c1CCC2. The number of esters is 2. The number of carbonyl (C=O) groups is 4. The number of fused-ring (bicyclic) bond motifs is 1. The first kappa shape index (κ1) is 24.3. The van der Waals surface area contributed by atoms with Crippen LogP contribution in [0.3, 0.4) is 0 Å². The molecule has 1 fully saturated rings. The van der Waals surface area contributed by atoms with Gasteiger partial charge < -0.3 is 19.7 Å².